The van der Waals surface area contributed by atoms with E-state index in [1.54, 1.807) is 6.92 Å². The predicted molar refractivity (Wildman–Crippen MR) is 112 cm³/mol. The highest BCUT2D eigenvalue weighted by atomic mass is 32.2. The summed E-state index contributed by atoms with van der Waals surface area (Å²) in [5.41, 5.74) is 5.96. The molecule has 0 heterocycles. The Morgan fingerprint density at radius 1 is 0.964 bits per heavy atom. The molecule has 2 amide bonds. The summed E-state index contributed by atoms with van der Waals surface area (Å²) >= 11 is 1.42. The van der Waals surface area contributed by atoms with Gasteiger partial charge in [-0.3, -0.25) is 20.4 Å². The minimum atomic E-state index is -0.745. The van der Waals surface area contributed by atoms with E-state index in [1.165, 1.54) is 11.8 Å². The number of carbonyl (C=O) groups is 2. The van der Waals surface area contributed by atoms with Crippen molar-refractivity contribution in [3.8, 4) is 5.75 Å². The first kappa shape index (κ1) is 19.8. The maximum absolute atomic E-state index is 12.2. The van der Waals surface area contributed by atoms with Gasteiger partial charge in [-0.25, -0.2) is 0 Å². The van der Waals surface area contributed by atoms with Crippen molar-refractivity contribution in [3.05, 3.63) is 72.3 Å². The van der Waals surface area contributed by atoms with Gasteiger partial charge in [0.15, 0.2) is 6.10 Å². The molecule has 0 saturated carbocycles. The Hall–Kier alpha value is -2.99. The summed E-state index contributed by atoms with van der Waals surface area (Å²) in [5.74, 6) is 0.120. The standard InChI is InChI=1S/C22H22N2O3S/c1-15-7-3-6-10-20(15)28-14-21(25)23-24-22(26)16(2)27-19-12-11-17-8-4-5-9-18(17)13-19/h3-13,16H,14H2,1-2H3,(H,23,25)(H,24,26). The van der Waals surface area contributed by atoms with Crippen molar-refractivity contribution >= 4 is 34.3 Å². The second kappa shape index (κ2) is 9.28. The van der Waals surface area contributed by atoms with Crippen molar-refractivity contribution in [2.24, 2.45) is 0 Å². The molecule has 144 valence electrons. The largest absolute Gasteiger partial charge is 0.481 e. The molecule has 0 aliphatic heterocycles. The SMILES string of the molecule is Cc1ccccc1SCC(=O)NNC(=O)C(C)Oc1ccc2ccccc2c1. The molecule has 0 aromatic heterocycles. The highest BCUT2D eigenvalue weighted by Crippen LogP contribution is 2.22. The third-order valence-electron chi connectivity index (χ3n) is 4.18. The van der Waals surface area contributed by atoms with Crippen LogP contribution in [0.5, 0.6) is 5.75 Å². The van der Waals surface area contributed by atoms with Crippen molar-refractivity contribution in [3.63, 3.8) is 0 Å². The van der Waals surface area contributed by atoms with Gasteiger partial charge < -0.3 is 4.74 Å². The van der Waals surface area contributed by atoms with Gasteiger partial charge in [-0.05, 0) is 48.4 Å². The monoisotopic (exact) mass is 394 g/mol. The van der Waals surface area contributed by atoms with E-state index in [4.69, 9.17) is 4.74 Å². The van der Waals surface area contributed by atoms with E-state index in [2.05, 4.69) is 10.9 Å². The smallest absolute Gasteiger partial charge is 0.279 e. The fourth-order valence-electron chi connectivity index (χ4n) is 2.63. The average Bonchev–Trinajstić information content (AvgIpc) is 2.71. The van der Waals surface area contributed by atoms with Crippen molar-refractivity contribution in [1.82, 2.24) is 10.9 Å². The summed E-state index contributed by atoms with van der Waals surface area (Å²) in [5, 5.41) is 2.14. The molecule has 0 radical (unpaired) electrons. The van der Waals surface area contributed by atoms with E-state index in [9.17, 15) is 9.59 Å². The number of ether oxygens (including phenoxy) is 1. The Labute approximate surface area is 168 Å². The second-order valence-electron chi connectivity index (χ2n) is 6.36. The second-order valence-corrected chi connectivity index (χ2v) is 7.38. The van der Waals surface area contributed by atoms with E-state index in [0.29, 0.717) is 5.75 Å². The van der Waals surface area contributed by atoms with Crippen LogP contribution in [0.25, 0.3) is 10.8 Å². The maximum Gasteiger partial charge on any atom is 0.279 e. The Kier molecular flexibility index (Phi) is 6.55. The number of benzene rings is 3. The quantitative estimate of drug-likeness (QED) is 0.492. The zero-order valence-corrected chi connectivity index (χ0v) is 16.6. The van der Waals surface area contributed by atoms with Gasteiger partial charge in [0.25, 0.3) is 5.91 Å². The van der Waals surface area contributed by atoms with Gasteiger partial charge in [-0.1, -0.05) is 48.5 Å². The van der Waals surface area contributed by atoms with Crippen LogP contribution in [0.3, 0.4) is 0 Å². The molecule has 2 N–H and O–H groups in total. The molecule has 0 aliphatic rings. The molecule has 3 aromatic carbocycles. The summed E-state index contributed by atoms with van der Waals surface area (Å²) in [6.45, 7) is 3.63. The van der Waals surface area contributed by atoms with Crippen LogP contribution in [0.4, 0.5) is 0 Å². The van der Waals surface area contributed by atoms with Crippen molar-refractivity contribution < 1.29 is 14.3 Å². The number of hydrogen-bond acceptors (Lipinski definition) is 4. The number of nitrogens with one attached hydrogen (secondary N) is 2. The molecule has 1 atom stereocenters. The molecule has 3 rings (SSSR count). The van der Waals surface area contributed by atoms with Crippen LogP contribution >= 0.6 is 11.8 Å². The average molecular weight is 394 g/mol. The molecule has 0 aliphatic carbocycles. The minimum Gasteiger partial charge on any atom is -0.481 e. The summed E-state index contributed by atoms with van der Waals surface area (Å²) < 4.78 is 5.69. The lowest BCUT2D eigenvalue weighted by atomic mass is 10.1. The maximum atomic E-state index is 12.2. The number of hydrogen-bond donors (Lipinski definition) is 2. The van der Waals surface area contributed by atoms with E-state index >= 15 is 0 Å². The van der Waals surface area contributed by atoms with Crippen molar-refractivity contribution in [1.29, 1.82) is 0 Å². The first-order valence-corrected chi connectivity index (χ1v) is 9.94. The number of fused-ring (bicyclic) bond motifs is 1. The van der Waals surface area contributed by atoms with Crippen LogP contribution < -0.4 is 15.6 Å². The lowest BCUT2D eigenvalue weighted by molar-refractivity contribution is -0.131. The Bertz CT molecular complexity index is 990. The number of amides is 2. The molecule has 0 saturated heterocycles. The molecule has 0 fully saturated rings. The van der Waals surface area contributed by atoms with E-state index in [1.807, 2.05) is 73.7 Å². The van der Waals surface area contributed by atoms with Gasteiger partial charge in [0.1, 0.15) is 5.75 Å². The van der Waals surface area contributed by atoms with E-state index in [0.717, 1.165) is 21.2 Å². The first-order valence-electron chi connectivity index (χ1n) is 8.95. The third kappa shape index (κ3) is 5.27. The van der Waals surface area contributed by atoms with E-state index in [-0.39, 0.29) is 11.7 Å². The topological polar surface area (TPSA) is 67.4 Å². The summed E-state index contributed by atoms with van der Waals surface area (Å²) in [4.78, 5) is 25.2. The summed E-state index contributed by atoms with van der Waals surface area (Å²) in [7, 11) is 0. The fraction of sp³-hybridized carbons (Fsp3) is 0.182. The zero-order chi connectivity index (χ0) is 19.9. The molecule has 28 heavy (non-hydrogen) atoms. The van der Waals surface area contributed by atoms with Crippen LogP contribution in [0.2, 0.25) is 0 Å². The van der Waals surface area contributed by atoms with Crippen LogP contribution in [-0.4, -0.2) is 23.7 Å². The van der Waals surface area contributed by atoms with Crippen LogP contribution in [0.1, 0.15) is 12.5 Å². The van der Waals surface area contributed by atoms with Gasteiger partial charge in [-0.2, -0.15) is 0 Å². The zero-order valence-electron chi connectivity index (χ0n) is 15.8. The Balaban J connectivity index is 1.46. The fourth-order valence-corrected chi connectivity index (χ4v) is 3.46. The van der Waals surface area contributed by atoms with Gasteiger partial charge >= 0.3 is 0 Å². The molecule has 0 bridgehead atoms. The van der Waals surface area contributed by atoms with E-state index < -0.39 is 12.0 Å². The summed E-state index contributed by atoms with van der Waals surface area (Å²) in [6.07, 6.45) is -0.745. The van der Waals surface area contributed by atoms with Crippen molar-refractivity contribution in [2.75, 3.05) is 5.75 Å². The van der Waals surface area contributed by atoms with Crippen molar-refractivity contribution in [2.45, 2.75) is 24.8 Å². The number of hydrazine groups is 1. The van der Waals surface area contributed by atoms with Crippen LogP contribution in [-0.2, 0) is 9.59 Å². The van der Waals surface area contributed by atoms with Gasteiger partial charge in [0, 0.05) is 4.90 Å². The highest BCUT2D eigenvalue weighted by molar-refractivity contribution is 8.00. The number of rotatable bonds is 6. The first-order chi connectivity index (χ1) is 13.5. The number of thioether (sulfide) groups is 1. The van der Waals surface area contributed by atoms with Crippen LogP contribution in [0.15, 0.2) is 71.6 Å². The normalized spacial score (nSPS) is 11.6. The molecule has 3 aromatic rings. The van der Waals surface area contributed by atoms with Gasteiger partial charge in [0.05, 0.1) is 5.75 Å². The molecule has 5 nitrogen and oxygen atoms in total. The molecular formula is C22H22N2O3S. The molecule has 1 unspecified atom stereocenters. The summed E-state index contributed by atoms with van der Waals surface area (Å²) in [6, 6.07) is 21.4. The number of carbonyl (C=O) groups excluding carboxylic acids is 2. The predicted octanol–water partition coefficient (Wildman–Crippen LogP) is 3.86. The minimum absolute atomic E-state index is 0.213. The Morgan fingerprint density at radius 2 is 1.68 bits per heavy atom. The number of aryl methyl sites for hydroxylation is 1. The molecular weight excluding hydrogens is 372 g/mol. The molecule has 0 spiro atoms. The lowest BCUT2D eigenvalue weighted by Crippen LogP contribution is -2.47. The molecule has 6 heteroatoms. The highest BCUT2D eigenvalue weighted by Gasteiger charge is 2.15. The van der Waals surface area contributed by atoms with Crippen LogP contribution in [0, 0.1) is 6.92 Å². The third-order valence-corrected chi connectivity index (χ3v) is 5.36. The Morgan fingerprint density at radius 3 is 2.46 bits per heavy atom. The van der Waals surface area contributed by atoms with Gasteiger partial charge in [0.2, 0.25) is 5.91 Å². The van der Waals surface area contributed by atoms with Gasteiger partial charge in [-0.15, -0.1) is 11.8 Å². The lowest BCUT2D eigenvalue weighted by Gasteiger charge is -2.15.